The Labute approximate surface area is 142 Å². The van der Waals surface area contributed by atoms with Crippen molar-refractivity contribution in [2.75, 3.05) is 13.7 Å². The number of rotatable bonds is 5. The van der Waals surface area contributed by atoms with Crippen molar-refractivity contribution >= 4 is 5.91 Å². The lowest BCUT2D eigenvalue weighted by molar-refractivity contribution is 0.0410. The first-order chi connectivity index (χ1) is 11.7. The molecule has 1 saturated heterocycles. The Hall–Kier alpha value is -2.30. The molecule has 2 aliphatic rings. The van der Waals surface area contributed by atoms with Crippen molar-refractivity contribution in [3.05, 3.63) is 41.7 Å². The van der Waals surface area contributed by atoms with E-state index in [2.05, 4.69) is 12.0 Å². The lowest BCUT2D eigenvalue weighted by Gasteiger charge is -2.41. The van der Waals surface area contributed by atoms with Gasteiger partial charge in [-0.1, -0.05) is 6.92 Å². The van der Waals surface area contributed by atoms with Crippen molar-refractivity contribution in [2.24, 2.45) is 5.92 Å². The first-order valence-corrected chi connectivity index (χ1v) is 8.75. The van der Waals surface area contributed by atoms with Crippen LogP contribution in [0.5, 0.6) is 5.75 Å². The molecule has 0 spiro atoms. The van der Waals surface area contributed by atoms with Crippen LogP contribution < -0.4 is 4.74 Å². The maximum atomic E-state index is 12.9. The van der Waals surface area contributed by atoms with Gasteiger partial charge in [0.15, 0.2) is 0 Å². The zero-order valence-corrected chi connectivity index (χ0v) is 14.2. The summed E-state index contributed by atoms with van der Waals surface area (Å²) >= 11 is 0. The molecule has 1 unspecified atom stereocenters. The van der Waals surface area contributed by atoms with Crippen molar-refractivity contribution in [3.8, 4) is 11.4 Å². The number of amides is 1. The van der Waals surface area contributed by atoms with E-state index >= 15 is 0 Å². The molecule has 1 atom stereocenters. The van der Waals surface area contributed by atoms with Gasteiger partial charge in [0.1, 0.15) is 5.75 Å². The van der Waals surface area contributed by atoms with Gasteiger partial charge >= 0.3 is 0 Å². The minimum atomic E-state index is 0.148. The second kappa shape index (κ2) is 5.96. The fourth-order valence-electron chi connectivity index (χ4n) is 3.62. The van der Waals surface area contributed by atoms with E-state index in [0.29, 0.717) is 6.04 Å². The molecule has 2 aromatic rings. The minimum absolute atomic E-state index is 0.148. The molecule has 5 heteroatoms. The second-order valence-electron chi connectivity index (χ2n) is 6.66. The first-order valence-electron chi connectivity index (χ1n) is 8.75. The molecule has 1 aromatic carbocycles. The number of hydrogen-bond acceptors (Lipinski definition) is 3. The number of hydrogen-bond donors (Lipinski definition) is 0. The monoisotopic (exact) mass is 325 g/mol. The number of benzene rings is 1. The summed E-state index contributed by atoms with van der Waals surface area (Å²) in [5.41, 5.74) is 2.68. The molecule has 24 heavy (non-hydrogen) atoms. The van der Waals surface area contributed by atoms with Crippen LogP contribution in [0.2, 0.25) is 0 Å². The first kappa shape index (κ1) is 15.2. The fourth-order valence-corrected chi connectivity index (χ4v) is 3.62. The number of carbonyl (C=O) groups excluding carboxylic acids is 1. The molecule has 0 radical (unpaired) electrons. The molecular weight excluding hydrogens is 302 g/mol. The van der Waals surface area contributed by atoms with Gasteiger partial charge in [-0.15, -0.1) is 0 Å². The molecule has 5 nitrogen and oxygen atoms in total. The molecule has 1 aliphatic heterocycles. The van der Waals surface area contributed by atoms with E-state index in [4.69, 9.17) is 4.74 Å². The van der Waals surface area contributed by atoms with Crippen LogP contribution in [0.1, 0.15) is 42.2 Å². The number of carbonyl (C=O) groups is 1. The molecule has 2 fully saturated rings. The summed E-state index contributed by atoms with van der Waals surface area (Å²) in [6.45, 7) is 2.96. The molecule has 1 saturated carbocycles. The highest BCUT2D eigenvalue weighted by Crippen LogP contribution is 2.41. The Morgan fingerprint density at radius 2 is 2.00 bits per heavy atom. The van der Waals surface area contributed by atoms with Crippen molar-refractivity contribution in [1.29, 1.82) is 0 Å². The third kappa shape index (κ3) is 2.48. The Morgan fingerprint density at radius 1 is 1.25 bits per heavy atom. The lowest BCUT2D eigenvalue weighted by Crippen LogP contribution is -2.52. The highest BCUT2D eigenvalue weighted by atomic mass is 16.5. The fraction of sp³-hybridized carbons (Fsp3) is 0.474. The average molecular weight is 325 g/mol. The molecule has 1 aliphatic carbocycles. The van der Waals surface area contributed by atoms with Gasteiger partial charge in [-0.25, -0.2) is 4.68 Å². The summed E-state index contributed by atoms with van der Waals surface area (Å²) in [7, 11) is 1.65. The Kier molecular flexibility index (Phi) is 3.79. The molecule has 1 amide bonds. The number of nitrogens with zero attached hydrogens (tertiary/aromatic N) is 3. The van der Waals surface area contributed by atoms with Gasteiger partial charge in [0.2, 0.25) is 0 Å². The van der Waals surface area contributed by atoms with Crippen LogP contribution in [0.4, 0.5) is 0 Å². The topological polar surface area (TPSA) is 47.4 Å². The minimum Gasteiger partial charge on any atom is -0.497 e. The van der Waals surface area contributed by atoms with Gasteiger partial charge < -0.3 is 9.64 Å². The summed E-state index contributed by atoms with van der Waals surface area (Å²) in [6, 6.07) is 8.23. The lowest BCUT2D eigenvalue weighted by atomic mass is 9.96. The van der Waals surface area contributed by atoms with E-state index in [9.17, 15) is 4.79 Å². The predicted molar refractivity (Wildman–Crippen MR) is 91.7 cm³/mol. The van der Waals surface area contributed by atoms with Crippen molar-refractivity contribution in [1.82, 2.24) is 14.7 Å². The zero-order valence-electron chi connectivity index (χ0n) is 14.2. The van der Waals surface area contributed by atoms with Crippen LogP contribution in [0, 0.1) is 5.92 Å². The highest BCUT2D eigenvalue weighted by molar-refractivity contribution is 5.96. The summed E-state index contributed by atoms with van der Waals surface area (Å²) < 4.78 is 7.08. The third-order valence-corrected chi connectivity index (χ3v) is 5.24. The Balaban J connectivity index is 1.62. The number of methoxy groups -OCH3 is 1. The van der Waals surface area contributed by atoms with Crippen LogP contribution in [0.25, 0.3) is 5.69 Å². The van der Waals surface area contributed by atoms with E-state index in [0.717, 1.165) is 48.0 Å². The van der Waals surface area contributed by atoms with Crippen LogP contribution in [0.3, 0.4) is 0 Å². The van der Waals surface area contributed by atoms with Crippen molar-refractivity contribution in [3.63, 3.8) is 0 Å². The molecule has 4 rings (SSSR count). The van der Waals surface area contributed by atoms with E-state index < -0.39 is 0 Å². The molecule has 0 N–H and O–H groups in total. The van der Waals surface area contributed by atoms with Gasteiger partial charge in [0.25, 0.3) is 5.91 Å². The van der Waals surface area contributed by atoms with Crippen molar-refractivity contribution in [2.45, 2.75) is 38.6 Å². The molecule has 1 aromatic heterocycles. The second-order valence-corrected chi connectivity index (χ2v) is 6.66. The summed E-state index contributed by atoms with van der Waals surface area (Å²) in [5.74, 6) is 1.70. The Morgan fingerprint density at radius 3 is 2.54 bits per heavy atom. The smallest absolute Gasteiger partial charge is 0.257 e. The van der Waals surface area contributed by atoms with Crippen molar-refractivity contribution < 1.29 is 9.53 Å². The van der Waals surface area contributed by atoms with Crippen LogP contribution in [-0.4, -0.2) is 40.3 Å². The molecule has 2 heterocycles. The molecular formula is C19H23N3O2. The Bertz CT molecular complexity index is 746. The average Bonchev–Trinajstić information content (AvgIpc) is 3.30. The normalized spacial score (nSPS) is 19.9. The zero-order chi connectivity index (χ0) is 16.7. The summed E-state index contributed by atoms with van der Waals surface area (Å²) in [5, 5.41) is 4.49. The van der Waals surface area contributed by atoms with Crippen LogP contribution in [-0.2, 0) is 6.42 Å². The van der Waals surface area contributed by atoms with Crippen LogP contribution >= 0.6 is 0 Å². The maximum Gasteiger partial charge on any atom is 0.257 e. The van der Waals surface area contributed by atoms with Crippen LogP contribution in [0.15, 0.2) is 30.5 Å². The van der Waals surface area contributed by atoms with Gasteiger partial charge in [-0.05, 0) is 55.9 Å². The number of ether oxygens (including phenoxy) is 1. The predicted octanol–water partition coefficient (Wildman–Crippen LogP) is 3.07. The van der Waals surface area contributed by atoms with E-state index in [1.54, 1.807) is 13.3 Å². The maximum absolute atomic E-state index is 12.9. The summed E-state index contributed by atoms with van der Waals surface area (Å²) in [6.07, 6.45) is 6.22. The quantitative estimate of drug-likeness (QED) is 0.849. The number of likely N-dealkylation sites (tertiary alicyclic amines) is 1. The SMILES string of the molecule is CCc1c(C(=O)N2CCC2C2CC2)cnn1-c1ccc(OC)cc1. The highest BCUT2D eigenvalue weighted by Gasteiger charge is 2.43. The van der Waals surface area contributed by atoms with Gasteiger partial charge in [0, 0.05) is 12.6 Å². The van der Waals surface area contributed by atoms with E-state index in [1.807, 2.05) is 33.8 Å². The van der Waals surface area contributed by atoms with E-state index in [-0.39, 0.29) is 5.91 Å². The van der Waals surface area contributed by atoms with Gasteiger partial charge in [-0.2, -0.15) is 5.10 Å². The molecule has 126 valence electrons. The summed E-state index contributed by atoms with van der Waals surface area (Å²) in [4.78, 5) is 15.0. The van der Waals surface area contributed by atoms with E-state index in [1.165, 1.54) is 12.8 Å². The molecule has 0 bridgehead atoms. The standard InChI is InChI=1S/C19H23N3O2/c1-3-17-16(19(23)21-11-10-18(21)13-4-5-13)12-20-22(17)14-6-8-15(24-2)9-7-14/h6-9,12-13,18H,3-5,10-11H2,1-2H3. The number of aromatic nitrogens is 2. The van der Waals surface area contributed by atoms with Gasteiger partial charge in [-0.3, -0.25) is 4.79 Å². The largest absolute Gasteiger partial charge is 0.497 e. The van der Waals surface area contributed by atoms with Gasteiger partial charge in [0.05, 0.1) is 30.3 Å². The third-order valence-electron chi connectivity index (χ3n) is 5.24.